The molecule has 5 nitrogen and oxygen atoms in total. The van der Waals surface area contributed by atoms with E-state index in [1.165, 1.54) is 11.9 Å². The second kappa shape index (κ2) is 6.37. The molecule has 0 bridgehead atoms. The number of hydrogen-bond donors (Lipinski definition) is 2. The van der Waals surface area contributed by atoms with Crippen molar-refractivity contribution < 1.29 is 14.7 Å². The maximum atomic E-state index is 11.6. The number of carbonyl (C=O) groups is 2. The Hall–Kier alpha value is -1.10. The highest BCUT2D eigenvalue weighted by atomic mass is 16.4. The molecule has 0 aromatic carbocycles. The first-order chi connectivity index (χ1) is 6.52. The normalized spacial score (nSPS) is 12.2. The summed E-state index contributed by atoms with van der Waals surface area (Å²) in [6, 6.07) is 0. The summed E-state index contributed by atoms with van der Waals surface area (Å²) < 4.78 is 0. The minimum Gasteiger partial charge on any atom is -0.480 e. The van der Waals surface area contributed by atoms with Crippen LogP contribution in [0.2, 0.25) is 0 Å². The van der Waals surface area contributed by atoms with E-state index in [-0.39, 0.29) is 24.9 Å². The fourth-order valence-electron chi connectivity index (χ4n) is 1.28. The molecule has 0 aromatic rings. The topological polar surface area (TPSA) is 83.6 Å². The van der Waals surface area contributed by atoms with Gasteiger partial charge in [-0.05, 0) is 6.42 Å². The highest BCUT2D eigenvalue weighted by molar-refractivity contribution is 5.82. The van der Waals surface area contributed by atoms with Gasteiger partial charge in [-0.3, -0.25) is 9.59 Å². The molecule has 0 heterocycles. The van der Waals surface area contributed by atoms with Crippen molar-refractivity contribution in [1.82, 2.24) is 4.90 Å². The molecule has 0 spiro atoms. The molecule has 5 heteroatoms. The van der Waals surface area contributed by atoms with Gasteiger partial charge >= 0.3 is 5.97 Å². The number of carbonyl (C=O) groups excluding carboxylic acids is 1. The maximum Gasteiger partial charge on any atom is 0.323 e. The van der Waals surface area contributed by atoms with E-state index in [0.717, 1.165) is 6.42 Å². The SMILES string of the molecule is CCCC(CN)C(=O)N(C)CC(=O)O. The molecule has 1 unspecified atom stereocenters. The predicted octanol–water partition coefficient (Wildman–Crippen LogP) is -0.0956. The van der Waals surface area contributed by atoms with Gasteiger partial charge in [0.1, 0.15) is 6.54 Å². The average molecular weight is 202 g/mol. The van der Waals surface area contributed by atoms with Crippen molar-refractivity contribution in [3.63, 3.8) is 0 Å². The fraction of sp³-hybridized carbons (Fsp3) is 0.778. The third kappa shape index (κ3) is 4.23. The van der Waals surface area contributed by atoms with Gasteiger partial charge in [0.2, 0.25) is 5.91 Å². The molecule has 0 aliphatic rings. The van der Waals surface area contributed by atoms with E-state index in [1.54, 1.807) is 0 Å². The highest BCUT2D eigenvalue weighted by Crippen LogP contribution is 2.07. The van der Waals surface area contributed by atoms with E-state index in [0.29, 0.717) is 6.42 Å². The lowest BCUT2D eigenvalue weighted by molar-refractivity contribution is -0.145. The Morgan fingerprint density at radius 3 is 2.43 bits per heavy atom. The molecular formula is C9H18N2O3. The molecular weight excluding hydrogens is 184 g/mol. The summed E-state index contributed by atoms with van der Waals surface area (Å²) in [6.45, 7) is 1.98. The Bertz CT molecular complexity index is 206. The van der Waals surface area contributed by atoms with Crippen LogP contribution in [-0.2, 0) is 9.59 Å². The van der Waals surface area contributed by atoms with Crippen LogP contribution in [0.4, 0.5) is 0 Å². The van der Waals surface area contributed by atoms with Crippen LogP contribution in [0.1, 0.15) is 19.8 Å². The van der Waals surface area contributed by atoms with Crippen LogP contribution in [0.25, 0.3) is 0 Å². The lowest BCUT2D eigenvalue weighted by atomic mass is 10.0. The molecule has 1 atom stereocenters. The Morgan fingerprint density at radius 2 is 2.07 bits per heavy atom. The molecule has 14 heavy (non-hydrogen) atoms. The predicted molar refractivity (Wildman–Crippen MR) is 52.7 cm³/mol. The second-order valence-electron chi connectivity index (χ2n) is 3.31. The van der Waals surface area contributed by atoms with Gasteiger partial charge in [-0.25, -0.2) is 0 Å². The van der Waals surface area contributed by atoms with Crippen molar-refractivity contribution >= 4 is 11.9 Å². The summed E-state index contributed by atoms with van der Waals surface area (Å²) in [5, 5.41) is 8.49. The monoisotopic (exact) mass is 202 g/mol. The van der Waals surface area contributed by atoms with Gasteiger partial charge in [0, 0.05) is 13.6 Å². The van der Waals surface area contributed by atoms with Crippen LogP contribution in [-0.4, -0.2) is 42.0 Å². The summed E-state index contributed by atoms with van der Waals surface area (Å²) in [7, 11) is 1.48. The highest BCUT2D eigenvalue weighted by Gasteiger charge is 2.20. The fourth-order valence-corrected chi connectivity index (χ4v) is 1.28. The van der Waals surface area contributed by atoms with Gasteiger partial charge in [-0.15, -0.1) is 0 Å². The summed E-state index contributed by atoms with van der Waals surface area (Å²) >= 11 is 0. The third-order valence-electron chi connectivity index (χ3n) is 2.02. The summed E-state index contributed by atoms with van der Waals surface area (Å²) in [5.41, 5.74) is 5.43. The molecule has 0 rings (SSSR count). The largest absolute Gasteiger partial charge is 0.480 e. The van der Waals surface area contributed by atoms with E-state index in [2.05, 4.69) is 0 Å². The Kier molecular flexibility index (Phi) is 5.87. The zero-order valence-electron chi connectivity index (χ0n) is 8.69. The molecule has 0 aliphatic heterocycles. The van der Waals surface area contributed by atoms with Crippen LogP contribution >= 0.6 is 0 Å². The quantitative estimate of drug-likeness (QED) is 0.630. The standard InChI is InChI=1S/C9H18N2O3/c1-3-4-7(5-10)9(14)11(2)6-8(12)13/h7H,3-6,10H2,1-2H3,(H,12,13). The Balaban J connectivity index is 4.19. The van der Waals surface area contributed by atoms with Crippen molar-refractivity contribution in [2.24, 2.45) is 11.7 Å². The molecule has 0 saturated carbocycles. The molecule has 0 radical (unpaired) electrons. The summed E-state index contributed by atoms with van der Waals surface area (Å²) in [6.07, 6.45) is 1.58. The van der Waals surface area contributed by atoms with E-state index in [9.17, 15) is 9.59 Å². The minimum atomic E-state index is -1.01. The Morgan fingerprint density at radius 1 is 1.50 bits per heavy atom. The number of carboxylic acids is 1. The van der Waals surface area contributed by atoms with E-state index >= 15 is 0 Å². The van der Waals surface area contributed by atoms with Gasteiger partial charge in [-0.1, -0.05) is 13.3 Å². The molecule has 0 aliphatic carbocycles. The van der Waals surface area contributed by atoms with Crippen LogP contribution in [0.15, 0.2) is 0 Å². The van der Waals surface area contributed by atoms with Crippen molar-refractivity contribution in [3.8, 4) is 0 Å². The van der Waals surface area contributed by atoms with Gasteiger partial charge in [0.15, 0.2) is 0 Å². The number of aliphatic carboxylic acids is 1. The lowest BCUT2D eigenvalue weighted by Gasteiger charge is -2.20. The second-order valence-corrected chi connectivity index (χ2v) is 3.31. The van der Waals surface area contributed by atoms with Gasteiger partial charge in [0.25, 0.3) is 0 Å². The van der Waals surface area contributed by atoms with Crippen LogP contribution in [0, 0.1) is 5.92 Å². The minimum absolute atomic E-state index is 0.184. The number of amides is 1. The smallest absolute Gasteiger partial charge is 0.323 e. The molecule has 0 aromatic heterocycles. The zero-order chi connectivity index (χ0) is 11.1. The van der Waals surface area contributed by atoms with Gasteiger partial charge in [-0.2, -0.15) is 0 Å². The molecule has 0 saturated heterocycles. The van der Waals surface area contributed by atoms with Crippen LogP contribution in [0.3, 0.4) is 0 Å². The van der Waals surface area contributed by atoms with Crippen LogP contribution in [0.5, 0.6) is 0 Å². The van der Waals surface area contributed by atoms with E-state index < -0.39 is 5.97 Å². The number of nitrogens with zero attached hydrogens (tertiary/aromatic N) is 1. The number of likely N-dealkylation sites (N-methyl/N-ethyl adjacent to an activating group) is 1. The summed E-state index contributed by atoms with van der Waals surface area (Å²) in [5.74, 6) is -1.44. The van der Waals surface area contributed by atoms with E-state index in [1.807, 2.05) is 6.92 Å². The number of carboxylic acid groups (broad SMARTS) is 1. The zero-order valence-corrected chi connectivity index (χ0v) is 8.69. The third-order valence-corrected chi connectivity index (χ3v) is 2.02. The molecule has 0 fully saturated rings. The van der Waals surface area contributed by atoms with Crippen molar-refractivity contribution in [2.45, 2.75) is 19.8 Å². The Labute approximate surface area is 83.9 Å². The average Bonchev–Trinajstić information content (AvgIpc) is 2.12. The van der Waals surface area contributed by atoms with Gasteiger partial charge in [0.05, 0.1) is 5.92 Å². The van der Waals surface area contributed by atoms with Crippen molar-refractivity contribution in [1.29, 1.82) is 0 Å². The molecule has 1 amide bonds. The number of rotatable bonds is 6. The van der Waals surface area contributed by atoms with Crippen LogP contribution < -0.4 is 5.73 Å². The van der Waals surface area contributed by atoms with Crippen molar-refractivity contribution in [2.75, 3.05) is 20.1 Å². The lowest BCUT2D eigenvalue weighted by Crippen LogP contribution is -2.39. The van der Waals surface area contributed by atoms with Crippen molar-refractivity contribution in [3.05, 3.63) is 0 Å². The maximum absolute atomic E-state index is 11.6. The molecule has 3 N–H and O–H groups in total. The number of hydrogen-bond acceptors (Lipinski definition) is 3. The summed E-state index contributed by atoms with van der Waals surface area (Å²) in [4.78, 5) is 23.1. The van der Waals surface area contributed by atoms with E-state index in [4.69, 9.17) is 10.8 Å². The van der Waals surface area contributed by atoms with Gasteiger partial charge < -0.3 is 15.7 Å². The first kappa shape index (κ1) is 12.9. The molecule has 82 valence electrons. The first-order valence-corrected chi connectivity index (χ1v) is 4.69. The first-order valence-electron chi connectivity index (χ1n) is 4.69. The number of nitrogens with two attached hydrogens (primary N) is 1.